The summed E-state index contributed by atoms with van der Waals surface area (Å²) < 4.78 is 21.1. The van der Waals surface area contributed by atoms with Crippen molar-refractivity contribution in [3.05, 3.63) is 16.7 Å². The van der Waals surface area contributed by atoms with Crippen LogP contribution in [0, 0.1) is 22.7 Å². The van der Waals surface area contributed by atoms with Crippen molar-refractivity contribution in [1.82, 2.24) is 0 Å². The summed E-state index contributed by atoms with van der Waals surface area (Å²) in [5.74, 6) is 3.58. The van der Waals surface area contributed by atoms with E-state index in [2.05, 4.69) is 101 Å². The molecule has 0 N–H and O–H groups in total. The zero-order valence-corrected chi connectivity index (χ0v) is 30.3. The van der Waals surface area contributed by atoms with E-state index < -0.39 is 16.6 Å². The van der Waals surface area contributed by atoms with Crippen molar-refractivity contribution >= 4 is 28.2 Å². The normalized spacial score (nSPS) is 30.9. The monoisotopic (exact) mass is 592 g/mol. The van der Waals surface area contributed by atoms with E-state index in [0.717, 1.165) is 35.7 Å². The minimum absolute atomic E-state index is 0.0489. The molecule has 3 aliphatic rings. The van der Waals surface area contributed by atoms with Gasteiger partial charge in [-0.1, -0.05) is 80.3 Å². The second kappa shape index (κ2) is 9.42. The third kappa shape index (κ3) is 5.24. The lowest BCUT2D eigenvalue weighted by Crippen LogP contribution is -2.61. The molecule has 0 bridgehead atoms. The molecule has 1 aromatic rings. The standard InChI is InChI=1S/C33H57ClO3Si2/c1-29(2,3)38(11,12)36-24-21-23-22(27(34)28(24)37-39(13,14)30(4,5)6)20-26-32(9)18-15-17-31(7,8)25(32)16-19-33(26,10)35-23/h21,25-26H,15-20H2,1-14H3/t25-,26+,32-,33-/m0/s1. The van der Waals surface area contributed by atoms with Crippen LogP contribution in [-0.4, -0.2) is 22.2 Å². The van der Waals surface area contributed by atoms with Gasteiger partial charge in [-0.15, -0.1) is 0 Å². The van der Waals surface area contributed by atoms with E-state index in [1.54, 1.807) is 0 Å². The highest BCUT2D eigenvalue weighted by Gasteiger charge is 2.61. The highest BCUT2D eigenvalue weighted by Crippen LogP contribution is 2.65. The van der Waals surface area contributed by atoms with E-state index in [1.165, 1.54) is 25.7 Å². The Hall–Kier alpha value is -0.656. The third-order valence-electron chi connectivity index (χ3n) is 12.1. The Labute approximate surface area is 247 Å². The van der Waals surface area contributed by atoms with E-state index in [-0.39, 0.29) is 21.1 Å². The Kier molecular flexibility index (Phi) is 7.56. The molecule has 1 aliphatic heterocycles. The van der Waals surface area contributed by atoms with Gasteiger partial charge in [0.15, 0.2) is 11.5 Å². The van der Waals surface area contributed by atoms with Gasteiger partial charge in [0.25, 0.3) is 16.6 Å². The average Bonchev–Trinajstić information content (AvgIpc) is 2.73. The maximum absolute atomic E-state index is 7.44. The lowest BCUT2D eigenvalue weighted by Gasteiger charge is -2.63. The minimum Gasteiger partial charge on any atom is -0.541 e. The van der Waals surface area contributed by atoms with Crippen LogP contribution in [0.4, 0.5) is 0 Å². The van der Waals surface area contributed by atoms with Crippen LogP contribution in [0.2, 0.25) is 41.3 Å². The zero-order valence-electron chi connectivity index (χ0n) is 27.6. The number of hydrogen-bond acceptors (Lipinski definition) is 3. The largest absolute Gasteiger partial charge is 0.541 e. The van der Waals surface area contributed by atoms with Crippen LogP contribution in [0.5, 0.6) is 17.2 Å². The van der Waals surface area contributed by atoms with Gasteiger partial charge >= 0.3 is 0 Å². The molecule has 0 spiro atoms. The Morgan fingerprint density at radius 3 is 1.97 bits per heavy atom. The molecular formula is C33H57ClO3Si2. The van der Waals surface area contributed by atoms with Crippen LogP contribution in [-0.2, 0) is 6.42 Å². The van der Waals surface area contributed by atoms with E-state index in [1.807, 2.05) is 0 Å². The molecular weight excluding hydrogens is 536 g/mol. The van der Waals surface area contributed by atoms with Gasteiger partial charge in [-0.25, -0.2) is 0 Å². The van der Waals surface area contributed by atoms with E-state index >= 15 is 0 Å². The van der Waals surface area contributed by atoms with E-state index in [0.29, 0.717) is 22.3 Å². The lowest BCUT2D eigenvalue weighted by atomic mass is 9.44. The predicted octanol–water partition coefficient (Wildman–Crippen LogP) is 11.0. The Bertz CT molecular complexity index is 1110. The van der Waals surface area contributed by atoms with Gasteiger partial charge in [0.1, 0.15) is 11.4 Å². The summed E-state index contributed by atoms with van der Waals surface area (Å²) in [7, 11) is -4.33. The van der Waals surface area contributed by atoms with Crippen molar-refractivity contribution in [2.24, 2.45) is 22.7 Å². The highest BCUT2D eigenvalue weighted by atomic mass is 35.5. The molecule has 2 fully saturated rings. The minimum atomic E-state index is -2.18. The fourth-order valence-corrected chi connectivity index (χ4v) is 9.94. The van der Waals surface area contributed by atoms with Crippen LogP contribution < -0.4 is 13.6 Å². The van der Waals surface area contributed by atoms with Crippen LogP contribution in [0.3, 0.4) is 0 Å². The van der Waals surface area contributed by atoms with Gasteiger partial charge in [-0.05, 0) is 92.0 Å². The van der Waals surface area contributed by atoms with Crippen molar-refractivity contribution in [3.8, 4) is 17.2 Å². The quantitative estimate of drug-likeness (QED) is 0.325. The van der Waals surface area contributed by atoms with E-state index in [4.69, 9.17) is 25.2 Å². The van der Waals surface area contributed by atoms with Crippen molar-refractivity contribution in [3.63, 3.8) is 0 Å². The average molecular weight is 593 g/mol. The van der Waals surface area contributed by atoms with Gasteiger partial charge in [-0.3, -0.25) is 0 Å². The summed E-state index contributed by atoms with van der Waals surface area (Å²) in [4.78, 5) is 0. The smallest absolute Gasteiger partial charge is 0.250 e. The van der Waals surface area contributed by atoms with Crippen molar-refractivity contribution in [1.29, 1.82) is 0 Å². The first kappa shape index (κ1) is 31.3. The molecule has 2 saturated carbocycles. The Morgan fingerprint density at radius 2 is 1.41 bits per heavy atom. The molecule has 1 heterocycles. The third-order valence-corrected chi connectivity index (χ3v) is 21.1. The first-order valence-corrected chi connectivity index (χ1v) is 21.6. The first-order chi connectivity index (χ1) is 17.5. The molecule has 0 aromatic heterocycles. The molecule has 0 saturated heterocycles. The Balaban J connectivity index is 1.85. The topological polar surface area (TPSA) is 27.7 Å². The summed E-state index contributed by atoms with van der Waals surface area (Å²) >= 11 is 7.44. The molecule has 222 valence electrons. The summed E-state index contributed by atoms with van der Waals surface area (Å²) in [6.07, 6.45) is 7.18. The number of ether oxygens (including phenoxy) is 1. The lowest BCUT2D eigenvalue weighted by molar-refractivity contribution is -0.162. The number of benzene rings is 1. The summed E-state index contributed by atoms with van der Waals surface area (Å²) in [6.45, 7) is 32.8. The molecule has 4 rings (SSSR count). The summed E-state index contributed by atoms with van der Waals surface area (Å²) in [5.41, 5.74) is 1.55. The van der Waals surface area contributed by atoms with Crippen LogP contribution in [0.1, 0.15) is 107 Å². The predicted molar refractivity (Wildman–Crippen MR) is 172 cm³/mol. The summed E-state index contributed by atoms with van der Waals surface area (Å²) in [5, 5.41) is 0.823. The number of rotatable bonds is 4. The second-order valence-corrected chi connectivity index (χ2v) is 27.2. The molecule has 4 atom stereocenters. The van der Waals surface area contributed by atoms with Gasteiger partial charge in [-0.2, -0.15) is 0 Å². The molecule has 3 nitrogen and oxygen atoms in total. The van der Waals surface area contributed by atoms with Gasteiger partial charge < -0.3 is 13.6 Å². The Morgan fingerprint density at radius 1 is 0.846 bits per heavy atom. The fourth-order valence-electron chi connectivity index (χ4n) is 7.55. The molecule has 0 unspecified atom stereocenters. The van der Waals surface area contributed by atoms with Gasteiger partial charge in [0.2, 0.25) is 0 Å². The van der Waals surface area contributed by atoms with Crippen LogP contribution >= 0.6 is 11.6 Å². The van der Waals surface area contributed by atoms with Crippen LogP contribution in [0.25, 0.3) is 0 Å². The van der Waals surface area contributed by atoms with Crippen LogP contribution in [0.15, 0.2) is 6.07 Å². The maximum Gasteiger partial charge on any atom is 0.250 e. The number of fused-ring (bicyclic) bond motifs is 4. The zero-order chi connectivity index (χ0) is 29.6. The molecule has 0 amide bonds. The molecule has 6 heteroatoms. The molecule has 0 radical (unpaired) electrons. The van der Waals surface area contributed by atoms with E-state index in [9.17, 15) is 0 Å². The van der Waals surface area contributed by atoms with Crippen molar-refractivity contribution in [2.45, 2.75) is 150 Å². The summed E-state index contributed by atoms with van der Waals surface area (Å²) in [6, 6.07) is 2.14. The van der Waals surface area contributed by atoms with Crippen molar-refractivity contribution < 1.29 is 13.6 Å². The maximum atomic E-state index is 7.44. The SMILES string of the molecule is CC1(C)CCC[C@]2(C)[C@H]3Cc4c(cc(O[Si](C)(C)C(C)(C)C)c(O[Si](C)(C)C(C)(C)C)c4Cl)O[C@@]3(C)CC[C@@H]12. The second-order valence-electron chi connectivity index (χ2n) is 17.3. The first-order valence-electron chi connectivity index (χ1n) is 15.4. The number of halogens is 1. The highest BCUT2D eigenvalue weighted by molar-refractivity contribution is 6.75. The number of hydrogen-bond donors (Lipinski definition) is 0. The molecule has 2 aliphatic carbocycles. The fraction of sp³-hybridized carbons (Fsp3) is 0.818. The van der Waals surface area contributed by atoms with Gasteiger partial charge in [0, 0.05) is 17.5 Å². The van der Waals surface area contributed by atoms with Crippen molar-refractivity contribution in [2.75, 3.05) is 0 Å². The molecule has 1 aromatic carbocycles. The van der Waals surface area contributed by atoms with Gasteiger partial charge in [0.05, 0.1) is 5.02 Å². The molecule has 39 heavy (non-hydrogen) atoms.